The topological polar surface area (TPSA) is 23.6 Å². The molecular formula is C14H20N2O. The van der Waals surface area contributed by atoms with Crippen molar-refractivity contribution in [2.75, 3.05) is 11.4 Å². The summed E-state index contributed by atoms with van der Waals surface area (Å²) < 4.78 is 0. The van der Waals surface area contributed by atoms with Gasteiger partial charge in [-0.2, -0.15) is 0 Å². The van der Waals surface area contributed by atoms with Crippen molar-refractivity contribution in [2.45, 2.75) is 39.8 Å². The summed E-state index contributed by atoms with van der Waals surface area (Å²) in [5.74, 6) is 0. The van der Waals surface area contributed by atoms with Crippen molar-refractivity contribution < 1.29 is 4.79 Å². The standard InChI is InChI=1S/C14H20N2O/c1-5-15-12-9-7-6-8-11(12)10-16(13(15)17)14(2,3)4/h6-9H,5,10H2,1-4H3. The maximum atomic E-state index is 12.4. The smallest absolute Gasteiger partial charge is 0.315 e. The molecule has 3 heteroatoms. The largest absolute Gasteiger partial charge is 0.325 e. The normalized spacial score (nSPS) is 16.1. The van der Waals surface area contributed by atoms with Crippen molar-refractivity contribution in [1.82, 2.24) is 4.90 Å². The van der Waals surface area contributed by atoms with Crippen LogP contribution in [-0.2, 0) is 6.54 Å². The van der Waals surface area contributed by atoms with Crippen LogP contribution in [-0.4, -0.2) is 23.0 Å². The van der Waals surface area contributed by atoms with Crippen LogP contribution in [0.4, 0.5) is 10.5 Å². The molecule has 1 aromatic carbocycles. The molecule has 1 aromatic rings. The molecule has 1 aliphatic heterocycles. The molecule has 0 aromatic heterocycles. The molecule has 1 heterocycles. The number of anilines is 1. The van der Waals surface area contributed by atoms with Gasteiger partial charge in [-0.3, -0.25) is 4.90 Å². The van der Waals surface area contributed by atoms with E-state index in [-0.39, 0.29) is 11.6 Å². The molecule has 0 atom stereocenters. The average molecular weight is 232 g/mol. The first-order valence-corrected chi connectivity index (χ1v) is 6.12. The highest BCUT2D eigenvalue weighted by Gasteiger charge is 2.35. The van der Waals surface area contributed by atoms with Crippen molar-refractivity contribution in [3.8, 4) is 0 Å². The van der Waals surface area contributed by atoms with Crippen LogP contribution < -0.4 is 4.90 Å². The number of rotatable bonds is 1. The Bertz CT molecular complexity index is 434. The van der Waals surface area contributed by atoms with Gasteiger partial charge < -0.3 is 4.90 Å². The molecule has 2 amide bonds. The number of nitrogens with zero attached hydrogens (tertiary/aromatic N) is 2. The SMILES string of the molecule is CCN1C(=O)N(C(C)(C)C)Cc2ccccc21. The van der Waals surface area contributed by atoms with E-state index in [4.69, 9.17) is 0 Å². The van der Waals surface area contributed by atoms with Crippen molar-refractivity contribution in [3.05, 3.63) is 29.8 Å². The minimum absolute atomic E-state index is 0.110. The number of para-hydroxylation sites is 1. The van der Waals surface area contributed by atoms with Gasteiger partial charge in [0, 0.05) is 18.6 Å². The number of hydrogen-bond acceptors (Lipinski definition) is 1. The lowest BCUT2D eigenvalue weighted by Gasteiger charge is -2.43. The molecule has 0 saturated heterocycles. The van der Waals surface area contributed by atoms with E-state index in [2.05, 4.69) is 26.8 Å². The van der Waals surface area contributed by atoms with Crippen molar-refractivity contribution >= 4 is 11.7 Å². The van der Waals surface area contributed by atoms with E-state index < -0.39 is 0 Å². The van der Waals surface area contributed by atoms with Gasteiger partial charge in [-0.15, -0.1) is 0 Å². The summed E-state index contributed by atoms with van der Waals surface area (Å²) in [4.78, 5) is 16.2. The lowest BCUT2D eigenvalue weighted by Crippen LogP contribution is -2.54. The first-order chi connectivity index (χ1) is 7.95. The molecule has 0 saturated carbocycles. The number of fused-ring (bicyclic) bond motifs is 1. The maximum absolute atomic E-state index is 12.4. The molecule has 92 valence electrons. The van der Waals surface area contributed by atoms with Gasteiger partial charge in [0.05, 0.1) is 5.69 Å². The molecule has 0 spiro atoms. The predicted molar refractivity (Wildman–Crippen MR) is 70.2 cm³/mol. The summed E-state index contributed by atoms with van der Waals surface area (Å²) in [6, 6.07) is 8.25. The maximum Gasteiger partial charge on any atom is 0.325 e. The van der Waals surface area contributed by atoms with Crippen LogP contribution >= 0.6 is 0 Å². The van der Waals surface area contributed by atoms with E-state index in [1.165, 1.54) is 5.56 Å². The van der Waals surface area contributed by atoms with E-state index in [1.54, 1.807) is 0 Å². The van der Waals surface area contributed by atoms with Crippen LogP contribution in [0.25, 0.3) is 0 Å². The third kappa shape index (κ3) is 2.02. The van der Waals surface area contributed by atoms with Crippen LogP contribution in [0, 0.1) is 0 Å². The highest BCUT2D eigenvalue weighted by Crippen LogP contribution is 2.31. The highest BCUT2D eigenvalue weighted by atomic mass is 16.2. The quantitative estimate of drug-likeness (QED) is 0.729. The van der Waals surface area contributed by atoms with Crippen molar-refractivity contribution in [1.29, 1.82) is 0 Å². The van der Waals surface area contributed by atoms with Gasteiger partial charge in [-0.1, -0.05) is 18.2 Å². The van der Waals surface area contributed by atoms with Gasteiger partial charge in [0.15, 0.2) is 0 Å². The molecule has 0 aliphatic carbocycles. The summed E-state index contributed by atoms with van der Waals surface area (Å²) in [5, 5.41) is 0. The van der Waals surface area contributed by atoms with Gasteiger partial charge in [-0.25, -0.2) is 4.79 Å². The number of benzene rings is 1. The van der Waals surface area contributed by atoms with Crippen molar-refractivity contribution in [3.63, 3.8) is 0 Å². The predicted octanol–water partition coefficient (Wildman–Crippen LogP) is 3.25. The van der Waals surface area contributed by atoms with Gasteiger partial charge in [-0.05, 0) is 39.3 Å². The number of hydrogen-bond donors (Lipinski definition) is 0. The first kappa shape index (κ1) is 12.0. The van der Waals surface area contributed by atoms with E-state index in [1.807, 2.05) is 34.9 Å². The van der Waals surface area contributed by atoms with Crippen molar-refractivity contribution in [2.24, 2.45) is 0 Å². The Hall–Kier alpha value is -1.51. The zero-order valence-corrected chi connectivity index (χ0v) is 11.0. The summed E-state index contributed by atoms with van der Waals surface area (Å²) in [6.45, 7) is 9.66. The van der Waals surface area contributed by atoms with Crippen LogP contribution in [0.2, 0.25) is 0 Å². The molecule has 0 unspecified atom stereocenters. The lowest BCUT2D eigenvalue weighted by molar-refractivity contribution is 0.142. The highest BCUT2D eigenvalue weighted by molar-refractivity contribution is 5.95. The third-order valence-corrected chi connectivity index (χ3v) is 3.20. The number of carbonyl (C=O) groups excluding carboxylic acids is 1. The Balaban J connectivity index is 2.46. The Morgan fingerprint density at radius 1 is 1.24 bits per heavy atom. The molecule has 0 bridgehead atoms. The fraction of sp³-hybridized carbons (Fsp3) is 0.500. The van der Waals surface area contributed by atoms with E-state index in [9.17, 15) is 4.79 Å². The molecule has 2 rings (SSSR count). The van der Waals surface area contributed by atoms with Gasteiger partial charge >= 0.3 is 6.03 Å². The van der Waals surface area contributed by atoms with Gasteiger partial charge in [0.25, 0.3) is 0 Å². The summed E-state index contributed by atoms with van der Waals surface area (Å²) in [6.07, 6.45) is 0. The lowest BCUT2D eigenvalue weighted by atomic mass is 10.0. The van der Waals surface area contributed by atoms with Gasteiger partial charge in [0.1, 0.15) is 0 Å². The fourth-order valence-electron chi connectivity index (χ4n) is 2.22. The van der Waals surface area contributed by atoms with Crippen LogP contribution in [0.1, 0.15) is 33.3 Å². The van der Waals surface area contributed by atoms with E-state index in [0.717, 1.165) is 5.69 Å². The van der Waals surface area contributed by atoms with E-state index in [0.29, 0.717) is 13.1 Å². The van der Waals surface area contributed by atoms with Crippen LogP contribution in [0.15, 0.2) is 24.3 Å². The summed E-state index contributed by atoms with van der Waals surface area (Å²) >= 11 is 0. The monoisotopic (exact) mass is 232 g/mol. The molecule has 3 nitrogen and oxygen atoms in total. The molecule has 1 aliphatic rings. The van der Waals surface area contributed by atoms with Gasteiger partial charge in [0.2, 0.25) is 0 Å². The zero-order valence-electron chi connectivity index (χ0n) is 11.0. The molecular weight excluding hydrogens is 212 g/mol. The molecule has 0 radical (unpaired) electrons. The molecule has 17 heavy (non-hydrogen) atoms. The van der Waals surface area contributed by atoms with Crippen LogP contribution in [0.5, 0.6) is 0 Å². The molecule has 0 fully saturated rings. The third-order valence-electron chi connectivity index (χ3n) is 3.20. The summed E-state index contributed by atoms with van der Waals surface area (Å²) in [5.41, 5.74) is 2.14. The number of urea groups is 1. The second kappa shape index (κ2) is 4.06. The second-order valence-corrected chi connectivity index (χ2v) is 5.41. The van der Waals surface area contributed by atoms with E-state index >= 15 is 0 Å². The second-order valence-electron chi connectivity index (χ2n) is 5.41. The number of carbonyl (C=O) groups is 1. The summed E-state index contributed by atoms with van der Waals surface area (Å²) in [7, 11) is 0. The zero-order chi connectivity index (χ0) is 12.6. The van der Waals surface area contributed by atoms with Crippen LogP contribution in [0.3, 0.4) is 0 Å². The molecule has 0 N–H and O–H groups in total. The fourth-order valence-corrected chi connectivity index (χ4v) is 2.22. The average Bonchev–Trinajstić information content (AvgIpc) is 2.27. The Labute approximate surface area is 103 Å². The minimum atomic E-state index is -0.141. The Morgan fingerprint density at radius 3 is 2.47 bits per heavy atom. The number of amides is 2. The Morgan fingerprint density at radius 2 is 1.88 bits per heavy atom. The first-order valence-electron chi connectivity index (χ1n) is 6.12. The Kier molecular flexibility index (Phi) is 2.86. The minimum Gasteiger partial charge on any atom is -0.315 e.